The Hall–Kier alpha value is -2.20. The minimum atomic E-state index is -1.32. The van der Waals surface area contributed by atoms with Gasteiger partial charge >= 0.3 is 0 Å². The van der Waals surface area contributed by atoms with Crippen LogP contribution in [0.3, 0.4) is 0 Å². The van der Waals surface area contributed by atoms with Gasteiger partial charge in [-0.3, -0.25) is 4.79 Å². The lowest BCUT2D eigenvalue weighted by Gasteiger charge is -2.13. The number of rotatable bonds is 3. The van der Waals surface area contributed by atoms with Crippen molar-refractivity contribution in [1.82, 2.24) is 0 Å². The highest BCUT2D eigenvalue weighted by Gasteiger charge is 2.17. The van der Waals surface area contributed by atoms with Crippen LogP contribution >= 0.6 is 0 Å². The Morgan fingerprint density at radius 1 is 1.16 bits per heavy atom. The Morgan fingerprint density at radius 3 is 2.42 bits per heavy atom. The number of benzene rings is 2. The lowest BCUT2D eigenvalue weighted by atomic mass is 10.1. The number of aryl methyl sites for hydroxylation is 1. The number of aliphatic hydroxyl groups is 1. The van der Waals surface area contributed by atoms with Gasteiger partial charge in [-0.1, -0.05) is 30.3 Å². The predicted octanol–water partition coefficient (Wildman–Crippen LogP) is 2.81. The monoisotopic (exact) mass is 259 g/mol. The lowest BCUT2D eigenvalue weighted by molar-refractivity contribution is -0.124. The number of anilines is 1. The Kier molecular flexibility index (Phi) is 3.92. The molecule has 0 aliphatic rings. The van der Waals surface area contributed by atoms with Crippen molar-refractivity contribution in [2.45, 2.75) is 13.0 Å². The maximum Gasteiger partial charge on any atom is 0.257 e. The van der Waals surface area contributed by atoms with Crippen molar-refractivity contribution in [3.05, 3.63) is 65.5 Å². The van der Waals surface area contributed by atoms with E-state index in [0.717, 1.165) is 5.56 Å². The number of amides is 1. The van der Waals surface area contributed by atoms with E-state index in [1.165, 1.54) is 24.3 Å². The first-order valence-corrected chi connectivity index (χ1v) is 5.88. The third-order valence-corrected chi connectivity index (χ3v) is 2.84. The predicted molar refractivity (Wildman–Crippen MR) is 71.2 cm³/mol. The summed E-state index contributed by atoms with van der Waals surface area (Å²) < 4.78 is 12.8. The molecule has 0 heterocycles. The van der Waals surface area contributed by atoms with Gasteiger partial charge in [-0.15, -0.1) is 0 Å². The molecule has 2 aromatic rings. The van der Waals surface area contributed by atoms with E-state index in [0.29, 0.717) is 11.3 Å². The van der Waals surface area contributed by atoms with E-state index >= 15 is 0 Å². The number of hydrogen-bond donors (Lipinski definition) is 2. The van der Waals surface area contributed by atoms with E-state index in [1.807, 2.05) is 19.1 Å². The molecule has 0 aliphatic heterocycles. The molecule has 4 heteroatoms. The molecule has 2 rings (SSSR count). The van der Waals surface area contributed by atoms with Gasteiger partial charge in [0.1, 0.15) is 5.82 Å². The second-order valence-electron chi connectivity index (χ2n) is 4.26. The van der Waals surface area contributed by atoms with Gasteiger partial charge in [0.05, 0.1) is 0 Å². The molecule has 98 valence electrons. The van der Waals surface area contributed by atoms with Crippen molar-refractivity contribution in [3.63, 3.8) is 0 Å². The summed E-state index contributed by atoms with van der Waals surface area (Å²) in [7, 11) is 0. The Balaban J connectivity index is 2.12. The Bertz CT molecular complexity index is 581. The summed E-state index contributed by atoms with van der Waals surface area (Å²) in [5.41, 5.74) is 1.91. The fourth-order valence-corrected chi connectivity index (χ4v) is 1.71. The van der Waals surface area contributed by atoms with Crippen LogP contribution in [-0.2, 0) is 4.79 Å². The summed E-state index contributed by atoms with van der Waals surface area (Å²) in [5.74, 6) is -0.948. The van der Waals surface area contributed by atoms with Gasteiger partial charge in [0.2, 0.25) is 0 Å². The average Bonchev–Trinajstić information content (AvgIpc) is 2.41. The first-order valence-electron chi connectivity index (χ1n) is 5.88. The number of nitrogens with one attached hydrogen (secondary N) is 1. The molecular formula is C15H14FNO2. The first-order chi connectivity index (χ1) is 9.08. The van der Waals surface area contributed by atoms with E-state index in [4.69, 9.17) is 0 Å². The molecule has 0 spiro atoms. The van der Waals surface area contributed by atoms with Crippen molar-refractivity contribution in [2.75, 3.05) is 5.32 Å². The van der Waals surface area contributed by atoms with Crippen LogP contribution in [0.25, 0.3) is 0 Å². The lowest BCUT2D eigenvalue weighted by Crippen LogP contribution is -2.21. The van der Waals surface area contributed by atoms with Crippen molar-refractivity contribution in [1.29, 1.82) is 0 Å². The molecule has 0 bridgehead atoms. The van der Waals surface area contributed by atoms with Crippen molar-refractivity contribution in [2.24, 2.45) is 0 Å². The van der Waals surface area contributed by atoms with Crippen LogP contribution < -0.4 is 5.32 Å². The molecular weight excluding hydrogens is 245 g/mol. The summed E-state index contributed by atoms with van der Waals surface area (Å²) in [6, 6.07) is 12.5. The zero-order valence-corrected chi connectivity index (χ0v) is 10.4. The van der Waals surface area contributed by atoms with Gasteiger partial charge in [-0.2, -0.15) is 0 Å². The van der Waals surface area contributed by atoms with Gasteiger partial charge in [0, 0.05) is 5.69 Å². The summed E-state index contributed by atoms with van der Waals surface area (Å²) in [4.78, 5) is 11.9. The molecule has 0 saturated carbocycles. The van der Waals surface area contributed by atoms with Crippen molar-refractivity contribution in [3.8, 4) is 0 Å². The highest BCUT2D eigenvalue weighted by molar-refractivity contribution is 5.95. The largest absolute Gasteiger partial charge is 0.378 e. The summed E-state index contributed by atoms with van der Waals surface area (Å²) in [6.07, 6.45) is -1.32. The summed E-state index contributed by atoms with van der Waals surface area (Å²) in [6.45, 7) is 1.86. The van der Waals surface area contributed by atoms with Crippen LogP contribution in [0.1, 0.15) is 17.2 Å². The smallest absolute Gasteiger partial charge is 0.257 e. The molecule has 0 fully saturated rings. The van der Waals surface area contributed by atoms with Gasteiger partial charge in [-0.25, -0.2) is 4.39 Å². The number of hydrogen-bond acceptors (Lipinski definition) is 2. The van der Waals surface area contributed by atoms with Crippen LogP contribution in [0.4, 0.5) is 10.1 Å². The minimum absolute atomic E-state index is 0.354. The average molecular weight is 259 g/mol. The van der Waals surface area contributed by atoms with Crippen LogP contribution in [0.15, 0.2) is 48.5 Å². The summed E-state index contributed by atoms with van der Waals surface area (Å²) >= 11 is 0. The zero-order valence-electron chi connectivity index (χ0n) is 10.4. The maximum atomic E-state index is 12.8. The first kappa shape index (κ1) is 13.2. The quantitative estimate of drug-likeness (QED) is 0.890. The second-order valence-corrected chi connectivity index (χ2v) is 4.26. The van der Waals surface area contributed by atoms with Crippen LogP contribution in [0.5, 0.6) is 0 Å². The molecule has 0 radical (unpaired) electrons. The number of carbonyl (C=O) groups is 1. The minimum Gasteiger partial charge on any atom is -0.378 e. The molecule has 2 aromatic carbocycles. The summed E-state index contributed by atoms with van der Waals surface area (Å²) in [5, 5.41) is 12.5. The van der Waals surface area contributed by atoms with Gasteiger partial charge in [0.15, 0.2) is 6.10 Å². The third-order valence-electron chi connectivity index (χ3n) is 2.84. The fraction of sp³-hybridized carbons (Fsp3) is 0.133. The van der Waals surface area contributed by atoms with E-state index in [1.54, 1.807) is 12.1 Å². The Labute approximate surface area is 110 Å². The third kappa shape index (κ3) is 3.17. The molecule has 1 atom stereocenters. The van der Waals surface area contributed by atoms with Crippen LogP contribution in [0, 0.1) is 12.7 Å². The molecule has 1 unspecified atom stereocenters. The van der Waals surface area contributed by atoms with Gasteiger partial charge < -0.3 is 10.4 Å². The standard InChI is InChI=1S/C15H14FNO2/c1-10-4-2-3-5-13(10)17-15(19)14(18)11-6-8-12(16)9-7-11/h2-9,14,18H,1H3,(H,17,19). The zero-order chi connectivity index (χ0) is 13.8. The second kappa shape index (κ2) is 5.63. The van der Waals surface area contributed by atoms with E-state index in [9.17, 15) is 14.3 Å². The van der Waals surface area contributed by atoms with Crippen molar-refractivity contribution >= 4 is 11.6 Å². The van der Waals surface area contributed by atoms with Crippen LogP contribution in [0.2, 0.25) is 0 Å². The van der Waals surface area contributed by atoms with E-state index < -0.39 is 17.8 Å². The number of carbonyl (C=O) groups excluding carboxylic acids is 1. The van der Waals surface area contributed by atoms with Crippen molar-refractivity contribution < 1.29 is 14.3 Å². The topological polar surface area (TPSA) is 49.3 Å². The number of para-hydroxylation sites is 1. The molecule has 3 nitrogen and oxygen atoms in total. The molecule has 2 N–H and O–H groups in total. The van der Waals surface area contributed by atoms with Crippen LogP contribution in [-0.4, -0.2) is 11.0 Å². The molecule has 0 aliphatic carbocycles. The van der Waals surface area contributed by atoms with Gasteiger partial charge in [-0.05, 0) is 36.2 Å². The van der Waals surface area contributed by atoms with E-state index in [2.05, 4.69) is 5.32 Å². The molecule has 1 amide bonds. The van der Waals surface area contributed by atoms with E-state index in [-0.39, 0.29) is 0 Å². The fourth-order valence-electron chi connectivity index (χ4n) is 1.71. The normalized spacial score (nSPS) is 11.9. The highest BCUT2D eigenvalue weighted by atomic mass is 19.1. The Morgan fingerprint density at radius 2 is 1.79 bits per heavy atom. The molecule has 0 aromatic heterocycles. The number of halogens is 1. The highest BCUT2D eigenvalue weighted by Crippen LogP contribution is 2.18. The SMILES string of the molecule is Cc1ccccc1NC(=O)C(O)c1ccc(F)cc1. The molecule has 19 heavy (non-hydrogen) atoms. The number of aliphatic hydroxyl groups excluding tert-OH is 1. The maximum absolute atomic E-state index is 12.8. The molecule has 0 saturated heterocycles. The van der Waals surface area contributed by atoms with Gasteiger partial charge in [0.25, 0.3) is 5.91 Å².